The number of sulfone groups is 1. The lowest BCUT2D eigenvalue weighted by atomic mass is 10.3. The normalized spacial score (nSPS) is 21.4. The Morgan fingerprint density at radius 1 is 1.53 bits per heavy atom. The summed E-state index contributed by atoms with van der Waals surface area (Å²) in [5.74, 6) is 1.79. The molecule has 1 unspecified atom stereocenters. The maximum absolute atomic E-state index is 12.1. The van der Waals surface area contributed by atoms with Gasteiger partial charge in [0.25, 0.3) is 0 Å². The summed E-state index contributed by atoms with van der Waals surface area (Å²) >= 11 is 1.70. The quantitative estimate of drug-likeness (QED) is 0.893. The topological polar surface area (TPSA) is 76.3 Å². The molecule has 0 aromatic carbocycles. The standard InChI is InChI=1S/C12H19N3O2S2/c1-2-19(16,17)12-9-18-6-5-15(12)8-11-4-3-10(13)7-14-11/h3-4,7,12H,2,5-6,8-9,13H2,1H3. The van der Waals surface area contributed by atoms with Crippen LogP contribution in [-0.2, 0) is 16.4 Å². The zero-order valence-corrected chi connectivity index (χ0v) is 12.6. The number of thioether (sulfide) groups is 1. The third kappa shape index (κ3) is 3.61. The first kappa shape index (κ1) is 14.6. The van der Waals surface area contributed by atoms with E-state index in [-0.39, 0.29) is 5.75 Å². The molecule has 1 aliphatic heterocycles. The molecular weight excluding hydrogens is 282 g/mol. The average molecular weight is 301 g/mol. The summed E-state index contributed by atoms with van der Waals surface area (Å²) in [5.41, 5.74) is 7.08. The van der Waals surface area contributed by atoms with Gasteiger partial charge in [-0.15, -0.1) is 0 Å². The number of nitrogens with two attached hydrogens (primary N) is 1. The van der Waals surface area contributed by atoms with Crippen LogP contribution in [0.5, 0.6) is 0 Å². The van der Waals surface area contributed by atoms with Crippen LogP contribution in [0.15, 0.2) is 18.3 Å². The molecule has 0 spiro atoms. The van der Waals surface area contributed by atoms with Gasteiger partial charge in [-0.05, 0) is 12.1 Å². The molecule has 1 aromatic heterocycles. The van der Waals surface area contributed by atoms with Gasteiger partial charge in [0.2, 0.25) is 0 Å². The number of aromatic nitrogens is 1. The van der Waals surface area contributed by atoms with Crippen molar-refractivity contribution in [2.75, 3.05) is 29.5 Å². The summed E-state index contributed by atoms with van der Waals surface area (Å²) in [5, 5.41) is -0.393. The Labute approximate surface area is 118 Å². The van der Waals surface area contributed by atoms with Crippen molar-refractivity contribution in [1.29, 1.82) is 0 Å². The second kappa shape index (κ2) is 6.11. The van der Waals surface area contributed by atoms with Crippen LogP contribution in [0.2, 0.25) is 0 Å². The van der Waals surface area contributed by atoms with Crippen LogP contribution in [-0.4, -0.2) is 47.5 Å². The van der Waals surface area contributed by atoms with Gasteiger partial charge < -0.3 is 5.73 Å². The highest BCUT2D eigenvalue weighted by Crippen LogP contribution is 2.23. The Balaban J connectivity index is 2.14. The Morgan fingerprint density at radius 3 is 2.95 bits per heavy atom. The molecule has 1 aliphatic rings. The summed E-state index contributed by atoms with van der Waals surface area (Å²) in [6, 6.07) is 3.65. The first-order valence-corrected chi connectivity index (χ1v) is 9.13. The Morgan fingerprint density at radius 2 is 2.32 bits per heavy atom. The SMILES string of the molecule is CCS(=O)(=O)C1CSCCN1Cc1ccc(N)cn1. The Hall–Kier alpha value is -0.790. The molecule has 5 nitrogen and oxygen atoms in total. The lowest BCUT2D eigenvalue weighted by Crippen LogP contribution is -2.47. The van der Waals surface area contributed by atoms with Crippen LogP contribution in [0.3, 0.4) is 0 Å². The number of hydrogen-bond acceptors (Lipinski definition) is 6. The van der Waals surface area contributed by atoms with Crippen molar-refractivity contribution in [3.8, 4) is 0 Å². The lowest BCUT2D eigenvalue weighted by molar-refractivity contribution is 0.258. The zero-order valence-electron chi connectivity index (χ0n) is 10.9. The molecule has 0 saturated carbocycles. The van der Waals surface area contributed by atoms with E-state index in [0.717, 1.165) is 18.0 Å². The average Bonchev–Trinajstić information content (AvgIpc) is 2.42. The van der Waals surface area contributed by atoms with Gasteiger partial charge in [0.15, 0.2) is 9.84 Å². The molecule has 106 valence electrons. The highest BCUT2D eigenvalue weighted by molar-refractivity contribution is 8.01. The van der Waals surface area contributed by atoms with Gasteiger partial charge in [0.05, 0.1) is 17.6 Å². The van der Waals surface area contributed by atoms with Gasteiger partial charge in [-0.25, -0.2) is 8.42 Å². The number of pyridine rings is 1. The van der Waals surface area contributed by atoms with Crippen molar-refractivity contribution in [1.82, 2.24) is 9.88 Å². The molecular formula is C12H19N3O2S2. The van der Waals surface area contributed by atoms with E-state index >= 15 is 0 Å². The summed E-state index contributed by atoms with van der Waals surface area (Å²) in [4.78, 5) is 6.25. The van der Waals surface area contributed by atoms with Crippen molar-refractivity contribution in [3.63, 3.8) is 0 Å². The minimum Gasteiger partial charge on any atom is -0.397 e. The van der Waals surface area contributed by atoms with Crippen LogP contribution < -0.4 is 5.73 Å². The largest absolute Gasteiger partial charge is 0.397 e. The van der Waals surface area contributed by atoms with Crippen LogP contribution in [0.25, 0.3) is 0 Å². The van der Waals surface area contributed by atoms with Crippen LogP contribution >= 0.6 is 11.8 Å². The highest BCUT2D eigenvalue weighted by Gasteiger charge is 2.32. The molecule has 19 heavy (non-hydrogen) atoms. The lowest BCUT2D eigenvalue weighted by Gasteiger charge is -2.34. The summed E-state index contributed by atoms with van der Waals surface area (Å²) in [7, 11) is -3.05. The van der Waals surface area contributed by atoms with Gasteiger partial charge in [0.1, 0.15) is 5.37 Å². The monoisotopic (exact) mass is 301 g/mol. The summed E-state index contributed by atoms with van der Waals surface area (Å²) < 4.78 is 24.2. The smallest absolute Gasteiger partial charge is 0.166 e. The van der Waals surface area contributed by atoms with E-state index in [0.29, 0.717) is 18.0 Å². The molecule has 1 aromatic rings. The van der Waals surface area contributed by atoms with E-state index < -0.39 is 15.2 Å². The van der Waals surface area contributed by atoms with E-state index in [4.69, 9.17) is 5.73 Å². The minimum atomic E-state index is -3.05. The predicted molar refractivity (Wildman–Crippen MR) is 79.6 cm³/mol. The molecule has 2 rings (SSSR count). The first-order chi connectivity index (χ1) is 9.03. The van der Waals surface area contributed by atoms with Crippen LogP contribution in [0.1, 0.15) is 12.6 Å². The Bertz CT molecular complexity index is 516. The molecule has 1 fully saturated rings. The molecule has 0 aliphatic carbocycles. The van der Waals surface area contributed by atoms with Crippen molar-refractivity contribution in [3.05, 3.63) is 24.0 Å². The molecule has 0 bridgehead atoms. The number of anilines is 1. The van der Waals surface area contributed by atoms with E-state index in [1.54, 1.807) is 30.9 Å². The van der Waals surface area contributed by atoms with Gasteiger partial charge in [-0.2, -0.15) is 11.8 Å². The summed E-state index contributed by atoms with van der Waals surface area (Å²) in [6.45, 7) is 3.04. The van der Waals surface area contributed by atoms with Crippen molar-refractivity contribution in [2.45, 2.75) is 18.8 Å². The second-order valence-corrected chi connectivity index (χ2v) is 8.13. The number of hydrogen-bond donors (Lipinski definition) is 1. The maximum Gasteiger partial charge on any atom is 0.166 e. The predicted octanol–water partition coefficient (Wildman–Crippen LogP) is 0.973. The fourth-order valence-corrected chi connectivity index (χ4v) is 5.14. The number of rotatable bonds is 4. The third-order valence-electron chi connectivity index (χ3n) is 3.22. The van der Waals surface area contributed by atoms with E-state index in [1.807, 2.05) is 11.0 Å². The van der Waals surface area contributed by atoms with E-state index in [9.17, 15) is 8.42 Å². The van der Waals surface area contributed by atoms with Crippen LogP contribution in [0.4, 0.5) is 5.69 Å². The first-order valence-electron chi connectivity index (χ1n) is 6.26. The van der Waals surface area contributed by atoms with Gasteiger partial charge >= 0.3 is 0 Å². The molecule has 0 radical (unpaired) electrons. The Kier molecular flexibility index (Phi) is 4.70. The fourth-order valence-electron chi connectivity index (χ4n) is 2.06. The maximum atomic E-state index is 12.1. The van der Waals surface area contributed by atoms with Gasteiger partial charge in [-0.3, -0.25) is 9.88 Å². The number of nitrogens with zero attached hydrogens (tertiary/aromatic N) is 2. The molecule has 1 saturated heterocycles. The van der Waals surface area contributed by atoms with Crippen molar-refractivity contribution < 1.29 is 8.42 Å². The fraction of sp³-hybridized carbons (Fsp3) is 0.583. The minimum absolute atomic E-state index is 0.184. The second-order valence-electron chi connectivity index (χ2n) is 4.53. The number of nitrogen functional groups attached to an aromatic ring is 1. The summed E-state index contributed by atoms with van der Waals surface area (Å²) in [6.07, 6.45) is 1.61. The highest BCUT2D eigenvalue weighted by atomic mass is 32.2. The van der Waals surface area contributed by atoms with Crippen LogP contribution in [0, 0.1) is 0 Å². The van der Waals surface area contributed by atoms with E-state index in [1.165, 1.54) is 0 Å². The van der Waals surface area contributed by atoms with Crippen molar-refractivity contribution >= 4 is 27.3 Å². The van der Waals surface area contributed by atoms with E-state index in [2.05, 4.69) is 4.98 Å². The molecule has 0 amide bonds. The molecule has 7 heteroatoms. The zero-order chi connectivity index (χ0) is 13.9. The molecule has 1 atom stereocenters. The van der Waals surface area contributed by atoms with Crippen molar-refractivity contribution in [2.24, 2.45) is 0 Å². The molecule has 2 N–H and O–H groups in total. The van der Waals surface area contributed by atoms with Gasteiger partial charge in [-0.1, -0.05) is 6.92 Å². The molecule has 2 heterocycles. The van der Waals surface area contributed by atoms with Gasteiger partial charge in [0, 0.05) is 30.3 Å². The third-order valence-corrected chi connectivity index (χ3v) is 6.55.